The molecule has 2 amide bonds. The maximum atomic E-state index is 13.3. The van der Waals surface area contributed by atoms with E-state index in [1.165, 1.54) is 11.0 Å². The number of hydrogen-bond donors (Lipinski definition) is 1. The molecule has 0 aromatic heterocycles. The first-order chi connectivity index (χ1) is 15.5. The lowest BCUT2D eigenvalue weighted by atomic mass is 9.86. The van der Waals surface area contributed by atoms with Crippen LogP contribution >= 0.6 is 15.9 Å². The third-order valence-electron chi connectivity index (χ3n) is 6.21. The number of allylic oxidation sites excluding steroid dienone is 2. The molecule has 7 heteroatoms. The highest BCUT2D eigenvalue weighted by Crippen LogP contribution is 2.28. The summed E-state index contributed by atoms with van der Waals surface area (Å²) in [6.45, 7) is 2.15. The molecule has 0 saturated heterocycles. The monoisotopic (exact) mass is 499 g/mol. The van der Waals surface area contributed by atoms with Crippen LogP contribution in [0.25, 0.3) is 6.08 Å². The average molecular weight is 500 g/mol. The number of ether oxygens (including phenoxy) is 2. The SMILES string of the molecule is COc1ccc(/C=C2\OC3C=CC=CC3=[N+](CC(=O)NC3CCCCC3C)C2=O)cc1Br. The van der Waals surface area contributed by atoms with Gasteiger partial charge in [-0.1, -0.05) is 38.0 Å². The molecule has 32 heavy (non-hydrogen) atoms. The van der Waals surface area contributed by atoms with Gasteiger partial charge in [0.25, 0.3) is 5.91 Å². The molecule has 2 aliphatic carbocycles. The summed E-state index contributed by atoms with van der Waals surface area (Å²) >= 11 is 3.47. The Labute approximate surface area is 196 Å². The van der Waals surface area contributed by atoms with E-state index in [1.54, 1.807) is 13.2 Å². The fourth-order valence-corrected chi connectivity index (χ4v) is 4.96. The number of nitrogens with zero attached hydrogens (tertiary/aromatic N) is 1. The zero-order valence-electron chi connectivity index (χ0n) is 18.3. The van der Waals surface area contributed by atoms with Crippen molar-refractivity contribution in [2.24, 2.45) is 5.92 Å². The fourth-order valence-electron chi connectivity index (χ4n) is 4.40. The van der Waals surface area contributed by atoms with Gasteiger partial charge in [0, 0.05) is 12.1 Å². The predicted octanol–water partition coefficient (Wildman–Crippen LogP) is 4.00. The minimum Gasteiger partial charge on any atom is -0.496 e. The first kappa shape index (κ1) is 22.5. The van der Waals surface area contributed by atoms with Gasteiger partial charge in [0.15, 0.2) is 0 Å². The van der Waals surface area contributed by atoms with E-state index in [1.807, 2.05) is 42.5 Å². The number of halogens is 1. The van der Waals surface area contributed by atoms with Crippen LogP contribution in [-0.2, 0) is 14.3 Å². The predicted molar refractivity (Wildman–Crippen MR) is 127 cm³/mol. The number of carbonyl (C=O) groups is 2. The van der Waals surface area contributed by atoms with Gasteiger partial charge in [0.2, 0.25) is 24.1 Å². The number of amides is 2. The van der Waals surface area contributed by atoms with Crippen molar-refractivity contribution in [3.63, 3.8) is 0 Å². The van der Waals surface area contributed by atoms with Crippen LogP contribution in [0.1, 0.15) is 38.2 Å². The zero-order valence-corrected chi connectivity index (χ0v) is 19.9. The summed E-state index contributed by atoms with van der Waals surface area (Å²) in [5.74, 6) is 0.897. The number of methoxy groups -OCH3 is 1. The average Bonchev–Trinajstić information content (AvgIpc) is 2.78. The Morgan fingerprint density at radius 3 is 2.88 bits per heavy atom. The summed E-state index contributed by atoms with van der Waals surface area (Å²) in [6, 6.07) is 5.70. The van der Waals surface area contributed by atoms with Gasteiger partial charge in [-0.15, -0.1) is 4.58 Å². The van der Waals surface area contributed by atoms with Crippen LogP contribution in [0.4, 0.5) is 0 Å². The fraction of sp³-hybridized carbons (Fsp3) is 0.400. The summed E-state index contributed by atoms with van der Waals surface area (Å²) in [5.41, 5.74) is 1.47. The van der Waals surface area contributed by atoms with Gasteiger partial charge in [-0.25, -0.2) is 4.79 Å². The Morgan fingerprint density at radius 2 is 2.12 bits per heavy atom. The van der Waals surface area contributed by atoms with Crippen LogP contribution in [0.15, 0.2) is 52.7 Å². The number of hydrogen-bond acceptors (Lipinski definition) is 4. The van der Waals surface area contributed by atoms with Crippen LogP contribution < -0.4 is 10.1 Å². The minimum absolute atomic E-state index is 0.0287. The normalized spacial score (nSPS) is 26.0. The van der Waals surface area contributed by atoms with E-state index in [0.29, 0.717) is 17.4 Å². The van der Waals surface area contributed by atoms with Crippen molar-refractivity contribution in [1.82, 2.24) is 5.32 Å². The van der Waals surface area contributed by atoms with E-state index in [9.17, 15) is 9.59 Å². The van der Waals surface area contributed by atoms with Crippen LogP contribution in [0, 0.1) is 5.92 Å². The number of nitrogens with one attached hydrogen (secondary N) is 1. The molecule has 1 N–H and O–H groups in total. The van der Waals surface area contributed by atoms with Crippen molar-refractivity contribution in [2.45, 2.75) is 44.8 Å². The smallest absolute Gasteiger partial charge is 0.455 e. The summed E-state index contributed by atoms with van der Waals surface area (Å²) in [4.78, 5) is 26.2. The molecule has 0 bridgehead atoms. The number of fused-ring (bicyclic) bond motifs is 1. The number of carbonyl (C=O) groups excluding carboxylic acids is 2. The molecule has 6 nitrogen and oxygen atoms in total. The maximum absolute atomic E-state index is 13.3. The molecule has 1 aromatic rings. The van der Waals surface area contributed by atoms with E-state index in [4.69, 9.17) is 9.47 Å². The van der Waals surface area contributed by atoms with Crippen LogP contribution in [0.2, 0.25) is 0 Å². The number of rotatable bonds is 5. The molecule has 3 unspecified atom stereocenters. The van der Waals surface area contributed by atoms with Crippen molar-refractivity contribution >= 4 is 39.5 Å². The highest BCUT2D eigenvalue weighted by molar-refractivity contribution is 9.10. The van der Waals surface area contributed by atoms with Gasteiger partial charge in [0.05, 0.1) is 11.6 Å². The van der Waals surface area contributed by atoms with Gasteiger partial charge in [-0.05, 0) is 64.5 Å². The molecular weight excluding hydrogens is 472 g/mol. The van der Waals surface area contributed by atoms with E-state index in [2.05, 4.69) is 28.2 Å². The summed E-state index contributed by atoms with van der Waals surface area (Å²) in [7, 11) is 1.60. The van der Waals surface area contributed by atoms with Crippen LogP contribution in [0.5, 0.6) is 5.75 Å². The lowest BCUT2D eigenvalue weighted by molar-refractivity contribution is -0.443. The van der Waals surface area contributed by atoms with Gasteiger partial charge in [-0.3, -0.25) is 4.79 Å². The molecule has 1 aromatic carbocycles. The van der Waals surface area contributed by atoms with Crippen molar-refractivity contribution in [1.29, 1.82) is 0 Å². The van der Waals surface area contributed by atoms with Crippen LogP contribution in [-0.4, -0.2) is 47.9 Å². The summed E-state index contributed by atoms with van der Waals surface area (Å²) < 4.78 is 13.6. The van der Waals surface area contributed by atoms with E-state index >= 15 is 0 Å². The summed E-state index contributed by atoms with van der Waals surface area (Å²) in [6.07, 6.45) is 13.2. The van der Waals surface area contributed by atoms with E-state index in [0.717, 1.165) is 29.3 Å². The molecule has 4 rings (SSSR count). The molecule has 1 aliphatic heterocycles. The molecular formula is C25H28BrN2O4+. The molecule has 3 aliphatic rings. The first-order valence-electron chi connectivity index (χ1n) is 11.0. The number of benzene rings is 1. The highest BCUT2D eigenvalue weighted by Gasteiger charge is 2.41. The lowest BCUT2D eigenvalue weighted by Gasteiger charge is -2.29. The molecule has 0 radical (unpaired) electrons. The van der Waals surface area contributed by atoms with E-state index in [-0.39, 0.29) is 30.2 Å². The standard InChI is InChI=1S/C25H27BrN2O4/c1-16-7-3-4-8-19(16)27-24(29)15-28-20-9-5-6-10-22(20)32-23(25(28)30)14-17-11-12-21(31-2)18(26)13-17/h5-6,9-14,16,19,22H,3-4,7-8,15H2,1-2H3/p+1/b23-14-. The molecule has 3 atom stereocenters. The Kier molecular flexibility index (Phi) is 6.94. The molecule has 1 heterocycles. The van der Waals surface area contributed by atoms with Crippen molar-refractivity contribution < 1.29 is 23.6 Å². The third-order valence-corrected chi connectivity index (χ3v) is 6.83. The van der Waals surface area contributed by atoms with Gasteiger partial charge in [0.1, 0.15) is 5.75 Å². The molecule has 1 saturated carbocycles. The lowest BCUT2D eigenvalue weighted by Crippen LogP contribution is -2.49. The van der Waals surface area contributed by atoms with Crippen LogP contribution in [0.3, 0.4) is 0 Å². The summed E-state index contributed by atoms with van der Waals surface area (Å²) in [5, 5.41) is 3.15. The first-order valence-corrected chi connectivity index (χ1v) is 11.8. The van der Waals surface area contributed by atoms with Gasteiger partial charge < -0.3 is 14.8 Å². The Hall–Kier alpha value is -2.67. The van der Waals surface area contributed by atoms with E-state index < -0.39 is 6.10 Å². The van der Waals surface area contributed by atoms with Crippen molar-refractivity contribution in [3.05, 3.63) is 58.3 Å². The second kappa shape index (κ2) is 9.86. The Bertz CT molecular complexity index is 1040. The Morgan fingerprint density at radius 1 is 1.31 bits per heavy atom. The van der Waals surface area contributed by atoms with Gasteiger partial charge >= 0.3 is 5.91 Å². The minimum atomic E-state index is -0.410. The quantitative estimate of drug-likeness (QED) is 0.491. The Balaban J connectivity index is 1.58. The topological polar surface area (TPSA) is 67.6 Å². The van der Waals surface area contributed by atoms with Crippen molar-refractivity contribution in [2.75, 3.05) is 13.7 Å². The molecule has 168 valence electrons. The molecule has 0 spiro atoms. The highest BCUT2D eigenvalue weighted by atomic mass is 79.9. The second-order valence-corrected chi connectivity index (χ2v) is 9.29. The van der Waals surface area contributed by atoms with Gasteiger partial charge in [-0.2, -0.15) is 0 Å². The zero-order chi connectivity index (χ0) is 22.7. The molecule has 1 fully saturated rings. The van der Waals surface area contributed by atoms with Crippen molar-refractivity contribution in [3.8, 4) is 5.75 Å². The largest absolute Gasteiger partial charge is 0.496 e. The third kappa shape index (κ3) is 4.88. The second-order valence-electron chi connectivity index (χ2n) is 8.44. The maximum Gasteiger partial charge on any atom is 0.455 e.